The molecule has 1 N–H and O–H groups in total. The molecule has 3 heterocycles. The average Bonchev–Trinajstić information content (AvgIpc) is 3.53. The molecule has 0 saturated heterocycles. The summed E-state index contributed by atoms with van der Waals surface area (Å²) < 4.78 is 15.1. The van der Waals surface area contributed by atoms with Gasteiger partial charge in [-0.05, 0) is 69.4 Å². The minimum Gasteiger partial charge on any atom is -0.490 e. The first-order valence-electron chi connectivity index (χ1n) is 13.3. The van der Waals surface area contributed by atoms with Crippen molar-refractivity contribution in [2.75, 3.05) is 19.1 Å². The van der Waals surface area contributed by atoms with Crippen molar-refractivity contribution >= 4 is 201 Å². The number of fused-ring (bicyclic) bond motifs is 1. The molecule has 1 aliphatic rings. The van der Waals surface area contributed by atoms with Gasteiger partial charge in [-0.25, -0.2) is 0 Å². The monoisotopic (exact) mass is 795 g/mol. The summed E-state index contributed by atoms with van der Waals surface area (Å²) in [4.78, 5) is 0. The summed E-state index contributed by atoms with van der Waals surface area (Å²) in [6.07, 6.45) is -3.24. The summed E-state index contributed by atoms with van der Waals surface area (Å²) in [5.74, 6) is 2.22. The van der Waals surface area contributed by atoms with Crippen LogP contribution in [0.15, 0.2) is 36.4 Å². The number of aromatic nitrogens is 4. The van der Waals surface area contributed by atoms with Gasteiger partial charge >= 0.3 is 0 Å². The number of H-pyrrole nitrogens is 1. The lowest BCUT2D eigenvalue weighted by atomic mass is 8.64. The van der Waals surface area contributed by atoms with E-state index >= 15 is 0 Å². The summed E-state index contributed by atoms with van der Waals surface area (Å²) in [6.45, 7) is 2.09. The van der Waals surface area contributed by atoms with Gasteiger partial charge in [0.25, 0.3) is 0 Å². The van der Waals surface area contributed by atoms with Gasteiger partial charge < -0.3 is 9.47 Å². The zero-order valence-corrected chi connectivity index (χ0v) is 29.0. The number of hydrogen-bond acceptors (Lipinski definition) is 4. The lowest BCUT2D eigenvalue weighted by molar-refractivity contribution is 0.278. The Bertz CT molecular complexity index is 1420. The van der Waals surface area contributed by atoms with Crippen LogP contribution in [0.4, 0.5) is 0 Å². The molecule has 4 aromatic rings. The Morgan fingerprint density at radius 2 is 1.55 bits per heavy atom. The van der Waals surface area contributed by atoms with E-state index in [9.17, 15) is 0 Å². The van der Waals surface area contributed by atoms with Crippen molar-refractivity contribution in [1.29, 1.82) is 0 Å². The number of alkyl halides is 1. The molecule has 2 aromatic carbocycles. The summed E-state index contributed by atoms with van der Waals surface area (Å²) >= 11 is 10.0. The summed E-state index contributed by atoms with van der Waals surface area (Å²) in [5, 5.41) is 13.8. The van der Waals surface area contributed by atoms with Gasteiger partial charge in [0, 0.05) is 134 Å². The van der Waals surface area contributed by atoms with Gasteiger partial charge in [0.2, 0.25) is 0 Å². The maximum absolute atomic E-state index is 5.55. The number of hydrogen-bond donors (Lipinski definition) is 1. The lowest BCUT2D eigenvalue weighted by Crippen LogP contribution is -2.55. The molecule has 0 atom stereocenters. The quantitative estimate of drug-likeness (QED) is 0.132. The topological polar surface area (TPSA) is 65.0 Å². The molecule has 0 aliphatic carbocycles. The van der Waals surface area contributed by atoms with E-state index in [1.54, 1.807) is 0 Å². The van der Waals surface area contributed by atoms with E-state index in [-0.39, 0.29) is 6.39 Å². The molecule has 21 radical (unpaired) electrons. The van der Waals surface area contributed by atoms with Crippen LogP contribution in [-0.4, -0.2) is 162 Å². The van der Waals surface area contributed by atoms with Crippen molar-refractivity contribution in [2.24, 2.45) is 0 Å². The molecule has 191 valence electrons. The van der Waals surface area contributed by atoms with Gasteiger partial charge in [0.1, 0.15) is 43.1 Å². The first-order valence-corrected chi connectivity index (χ1v) is 16.0. The highest BCUT2D eigenvalue weighted by molar-refractivity contribution is 14.1. The Morgan fingerprint density at radius 1 is 0.932 bits per heavy atom. The van der Waals surface area contributed by atoms with Crippen molar-refractivity contribution in [3.63, 3.8) is 0 Å². The first-order chi connectivity index (χ1) is 20.8. The van der Waals surface area contributed by atoms with Crippen molar-refractivity contribution in [2.45, 2.75) is 6.54 Å². The Balaban J connectivity index is 0.000000211. The number of rotatable bonds is 8. The second kappa shape index (κ2) is 20.3. The predicted octanol–water partition coefficient (Wildman–Crippen LogP) is -1.66. The molecule has 1 aliphatic heterocycles. The fourth-order valence-corrected chi connectivity index (χ4v) is 5.03. The number of halogens is 3. The van der Waals surface area contributed by atoms with Crippen molar-refractivity contribution < 1.29 is 9.47 Å². The van der Waals surface area contributed by atoms with Crippen LogP contribution in [0.2, 0.25) is 0 Å². The highest BCUT2D eigenvalue weighted by atomic mass is 127. The standard InChI is InChI=1S/C9H8ClIN2O.C9H7IN2O.B9.B8/c10-4-5-14-7-3-1-2-6-8(7)12-13-9(6)11;10-9-6-2-1-3-7-8(6)12(11-9)4-5-13-7;1-6-9(7(2)3)8(4)5;1-6(2)8(5)7(3)4/h1-3H,4-5H2,(H,12,13);1-3H,4-5H2;;. The van der Waals surface area contributed by atoms with Gasteiger partial charge in [-0.1, -0.05) is 12.1 Å². The normalized spacial score (nSPS) is 10.8. The van der Waals surface area contributed by atoms with E-state index in [0.29, 0.717) is 12.5 Å². The minimum absolute atomic E-state index is 0.315. The molecule has 26 heteroatoms. The first kappa shape index (κ1) is 40.0. The van der Waals surface area contributed by atoms with E-state index < -0.39 is 31.9 Å². The Labute approximate surface area is 309 Å². The number of nitrogens with zero attached hydrogens (tertiary/aromatic N) is 3. The zero-order valence-electron chi connectivity index (χ0n) is 23.9. The minimum atomic E-state index is -0.630. The fraction of sp³-hybridized carbons (Fsp3) is 0.222. The van der Waals surface area contributed by atoms with Gasteiger partial charge in [-0.2, -0.15) is 10.2 Å². The number of benzene rings is 2. The molecule has 0 saturated carbocycles. The molecule has 0 unspecified atom stereocenters. The summed E-state index contributed by atoms with van der Waals surface area (Å²) in [7, 11) is 53.2. The van der Waals surface area contributed by atoms with Crippen LogP contribution in [0, 0.1) is 7.40 Å². The van der Waals surface area contributed by atoms with E-state index in [4.69, 9.17) is 98.4 Å². The van der Waals surface area contributed by atoms with Crippen molar-refractivity contribution in [3.05, 3.63) is 43.8 Å². The third kappa shape index (κ3) is 11.8. The average molecular weight is 792 g/mol. The molecule has 5 rings (SSSR count). The smallest absolute Gasteiger partial charge is 0.147 e. The second-order valence-corrected chi connectivity index (χ2v) is 11.9. The molecule has 0 amide bonds. The third-order valence-electron chi connectivity index (χ3n) is 6.08. The highest BCUT2D eigenvalue weighted by Gasteiger charge is 2.19. The highest BCUT2D eigenvalue weighted by Crippen LogP contribution is 2.31. The molecule has 44 heavy (non-hydrogen) atoms. The molecular weight excluding hydrogens is 777 g/mol. The second-order valence-electron chi connectivity index (χ2n) is 9.40. The van der Waals surface area contributed by atoms with Gasteiger partial charge in [-0.3, -0.25) is 9.78 Å². The van der Waals surface area contributed by atoms with Crippen molar-refractivity contribution in [3.8, 4) is 11.5 Å². The lowest BCUT2D eigenvalue weighted by Gasteiger charge is -2.17. The Morgan fingerprint density at radius 3 is 2.07 bits per heavy atom. The largest absolute Gasteiger partial charge is 0.490 e. The van der Waals surface area contributed by atoms with Crippen LogP contribution in [0.3, 0.4) is 0 Å². The molecule has 0 fully saturated rings. The molecule has 6 nitrogen and oxygen atoms in total. The fourth-order valence-electron chi connectivity index (χ4n) is 3.70. The maximum atomic E-state index is 5.55. The SMILES string of the molecule is ClCCOc1cccc2c(I)[nH]nc12.Ic1nn2c3c(cccc13)OCC2.[B]B([B])B([B])B([B])[B].[B][B]B(B([B])[B])B([B])[B]. The van der Waals surface area contributed by atoms with E-state index in [1.165, 1.54) is 12.4 Å². The van der Waals surface area contributed by atoms with Gasteiger partial charge in [0.05, 0.1) is 12.4 Å². The van der Waals surface area contributed by atoms with Crippen LogP contribution in [-0.2, 0) is 6.54 Å². The Hall–Kier alpha value is -0.166. The number of aromatic amines is 1. The summed E-state index contributed by atoms with van der Waals surface area (Å²) in [5.41, 5.74) is 2.00. The van der Waals surface area contributed by atoms with Crippen LogP contribution >= 0.6 is 56.8 Å². The zero-order chi connectivity index (χ0) is 33.0. The van der Waals surface area contributed by atoms with Crippen LogP contribution in [0.5, 0.6) is 11.5 Å². The Kier molecular flexibility index (Phi) is 18.4. The number of para-hydroxylation sites is 2. The predicted molar refractivity (Wildman–Crippen MR) is 221 cm³/mol. The van der Waals surface area contributed by atoms with E-state index in [1.807, 2.05) is 35.0 Å². The maximum Gasteiger partial charge on any atom is 0.147 e. The van der Waals surface area contributed by atoms with E-state index in [0.717, 1.165) is 48.5 Å². The molecular formula is C18H15B17ClI2N4O2. The van der Waals surface area contributed by atoms with Crippen molar-refractivity contribution in [1.82, 2.24) is 20.0 Å². The summed E-state index contributed by atoms with van der Waals surface area (Å²) in [6, 6.07) is 11.9. The van der Waals surface area contributed by atoms with Crippen LogP contribution < -0.4 is 9.47 Å². The van der Waals surface area contributed by atoms with Gasteiger partial charge in [0.15, 0.2) is 0 Å². The van der Waals surface area contributed by atoms with E-state index in [2.05, 4.69) is 66.5 Å². The number of ether oxygens (including phenoxy) is 2. The van der Waals surface area contributed by atoms with Crippen LogP contribution in [0.25, 0.3) is 21.8 Å². The molecule has 0 bridgehead atoms. The molecule has 0 spiro atoms. The van der Waals surface area contributed by atoms with Gasteiger partial charge in [-0.15, -0.1) is 11.6 Å². The van der Waals surface area contributed by atoms with Crippen LogP contribution in [0.1, 0.15) is 0 Å². The third-order valence-corrected chi connectivity index (χ3v) is 7.86. The molecule has 2 aromatic heterocycles. The number of nitrogens with one attached hydrogen (secondary N) is 1.